The molecule has 2 N–H and O–H groups in total. The van der Waals surface area contributed by atoms with Crippen LogP contribution in [0, 0.1) is 0 Å². The fourth-order valence-corrected chi connectivity index (χ4v) is 2.21. The van der Waals surface area contributed by atoms with Crippen molar-refractivity contribution in [1.29, 1.82) is 0 Å². The largest absolute Gasteiger partial charge is 0.325 e. The molecule has 1 nitrogen and oxygen atoms in total. The van der Waals surface area contributed by atoms with E-state index >= 15 is 0 Å². The second kappa shape index (κ2) is 4.08. The zero-order valence-corrected chi connectivity index (χ0v) is 8.23. The lowest BCUT2D eigenvalue weighted by atomic mass is 9.85. The van der Waals surface area contributed by atoms with Crippen LogP contribution in [-0.2, 0) is 0 Å². The Bertz CT molecular complexity index is 152. The molecule has 0 bridgehead atoms. The summed E-state index contributed by atoms with van der Waals surface area (Å²) < 4.78 is 0. The van der Waals surface area contributed by atoms with Crippen LogP contribution in [0.2, 0.25) is 0 Å². The Morgan fingerprint density at radius 2 is 1.75 bits per heavy atom. The van der Waals surface area contributed by atoms with Crippen LogP contribution in [0.5, 0.6) is 0 Å². The first-order chi connectivity index (χ1) is 5.62. The molecular weight excluding hydrogens is 146 g/mol. The normalized spacial score (nSPS) is 23.2. The maximum Gasteiger partial charge on any atom is 0.0191 e. The minimum absolute atomic E-state index is 0.0856. The second-order valence-corrected chi connectivity index (χ2v) is 4.41. The first-order valence-corrected chi connectivity index (χ1v) is 5.06. The molecule has 0 aromatic carbocycles. The Kier molecular flexibility index (Phi) is 3.33. The van der Waals surface area contributed by atoms with Gasteiger partial charge >= 0.3 is 0 Å². The van der Waals surface area contributed by atoms with Gasteiger partial charge in [0.25, 0.3) is 0 Å². The number of hydrogen-bond donors (Lipinski definition) is 1. The predicted molar refractivity (Wildman–Crippen MR) is 54.1 cm³/mol. The molecule has 1 heteroatoms. The molecule has 1 aliphatic carbocycles. The van der Waals surface area contributed by atoms with Gasteiger partial charge in [0, 0.05) is 5.54 Å². The lowest BCUT2D eigenvalue weighted by molar-refractivity contribution is 0.368. The van der Waals surface area contributed by atoms with Crippen molar-refractivity contribution in [2.75, 3.05) is 0 Å². The molecule has 0 heterocycles. The van der Waals surface area contributed by atoms with E-state index in [4.69, 9.17) is 5.73 Å². The Labute approximate surface area is 76.0 Å². The van der Waals surface area contributed by atoms with Gasteiger partial charge in [-0.3, -0.25) is 0 Å². The first-order valence-electron chi connectivity index (χ1n) is 5.06. The second-order valence-electron chi connectivity index (χ2n) is 4.41. The van der Waals surface area contributed by atoms with E-state index in [1.165, 1.54) is 44.1 Å². The smallest absolute Gasteiger partial charge is 0.0191 e. The molecule has 0 unspecified atom stereocenters. The third-order valence-electron chi connectivity index (χ3n) is 2.75. The third-order valence-corrected chi connectivity index (χ3v) is 2.75. The SMILES string of the molecule is C=C(C)CC1(N)CCCCCC1. The van der Waals surface area contributed by atoms with Crippen molar-refractivity contribution in [1.82, 2.24) is 0 Å². The van der Waals surface area contributed by atoms with Crippen LogP contribution in [0.25, 0.3) is 0 Å². The van der Waals surface area contributed by atoms with Gasteiger partial charge in [-0.25, -0.2) is 0 Å². The molecule has 1 rings (SSSR count). The third kappa shape index (κ3) is 2.98. The molecule has 0 aliphatic heterocycles. The fourth-order valence-electron chi connectivity index (χ4n) is 2.21. The minimum atomic E-state index is 0.0856. The predicted octanol–water partition coefficient (Wildman–Crippen LogP) is 3.00. The molecule has 1 fully saturated rings. The van der Waals surface area contributed by atoms with Gasteiger partial charge in [0.1, 0.15) is 0 Å². The Hall–Kier alpha value is -0.300. The highest BCUT2D eigenvalue weighted by Gasteiger charge is 2.25. The highest BCUT2D eigenvalue weighted by Crippen LogP contribution is 2.29. The van der Waals surface area contributed by atoms with Crippen LogP contribution in [0.15, 0.2) is 12.2 Å². The van der Waals surface area contributed by atoms with Crippen LogP contribution < -0.4 is 5.73 Å². The molecule has 0 aromatic heterocycles. The number of nitrogens with two attached hydrogens (primary N) is 1. The van der Waals surface area contributed by atoms with Gasteiger partial charge in [0.2, 0.25) is 0 Å². The molecule has 0 radical (unpaired) electrons. The summed E-state index contributed by atoms with van der Waals surface area (Å²) >= 11 is 0. The molecular formula is C11H21N. The van der Waals surface area contributed by atoms with Gasteiger partial charge in [-0.05, 0) is 26.2 Å². The van der Waals surface area contributed by atoms with E-state index < -0.39 is 0 Å². The Morgan fingerprint density at radius 3 is 2.17 bits per heavy atom. The van der Waals surface area contributed by atoms with Crippen molar-refractivity contribution in [2.45, 2.75) is 57.4 Å². The van der Waals surface area contributed by atoms with E-state index in [0.29, 0.717) is 0 Å². The highest BCUT2D eigenvalue weighted by atomic mass is 14.7. The van der Waals surface area contributed by atoms with Crippen molar-refractivity contribution in [3.8, 4) is 0 Å². The summed E-state index contributed by atoms with van der Waals surface area (Å²) in [6, 6.07) is 0. The zero-order chi connectivity index (χ0) is 9.03. The average molecular weight is 167 g/mol. The summed E-state index contributed by atoms with van der Waals surface area (Å²) in [7, 11) is 0. The molecule has 0 atom stereocenters. The van der Waals surface area contributed by atoms with Crippen molar-refractivity contribution >= 4 is 0 Å². The van der Waals surface area contributed by atoms with E-state index in [9.17, 15) is 0 Å². The van der Waals surface area contributed by atoms with Crippen LogP contribution >= 0.6 is 0 Å². The van der Waals surface area contributed by atoms with Crippen LogP contribution in [-0.4, -0.2) is 5.54 Å². The van der Waals surface area contributed by atoms with Crippen LogP contribution in [0.1, 0.15) is 51.9 Å². The van der Waals surface area contributed by atoms with Crippen molar-refractivity contribution in [3.63, 3.8) is 0 Å². The van der Waals surface area contributed by atoms with E-state index in [1.807, 2.05) is 0 Å². The molecule has 70 valence electrons. The number of hydrogen-bond acceptors (Lipinski definition) is 1. The molecule has 0 amide bonds. The van der Waals surface area contributed by atoms with E-state index in [-0.39, 0.29) is 5.54 Å². The number of rotatable bonds is 2. The molecule has 0 aromatic rings. The zero-order valence-electron chi connectivity index (χ0n) is 8.23. The maximum atomic E-state index is 6.30. The molecule has 0 spiro atoms. The summed E-state index contributed by atoms with van der Waals surface area (Å²) in [6.45, 7) is 6.03. The summed E-state index contributed by atoms with van der Waals surface area (Å²) in [6.07, 6.45) is 8.77. The van der Waals surface area contributed by atoms with Crippen molar-refractivity contribution in [3.05, 3.63) is 12.2 Å². The van der Waals surface area contributed by atoms with Gasteiger partial charge in [-0.1, -0.05) is 31.3 Å². The topological polar surface area (TPSA) is 26.0 Å². The first kappa shape index (κ1) is 9.79. The average Bonchev–Trinajstić information content (AvgIpc) is 2.12. The fraction of sp³-hybridized carbons (Fsp3) is 0.818. The molecule has 0 saturated heterocycles. The van der Waals surface area contributed by atoms with Gasteiger partial charge in [0.15, 0.2) is 0 Å². The minimum Gasteiger partial charge on any atom is -0.325 e. The van der Waals surface area contributed by atoms with Crippen LogP contribution in [0.4, 0.5) is 0 Å². The summed E-state index contributed by atoms with van der Waals surface area (Å²) in [5, 5.41) is 0. The summed E-state index contributed by atoms with van der Waals surface area (Å²) in [5.74, 6) is 0. The quantitative estimate of drug-likeness (QED) is 0.496. The standard InChI is InChI=1S/C11H21N/c1-10(2)9-11(12)7-5-3-4-6-8-11/h1,3-9,12H2,2H3. The summed E-state index contributed by atoms with van der Waals surface area (Å²) in [5.41, 5.74) is 7.62. The Balaban J connectivity index is 2.48. The lowest BCUT2D eigenvalue weighted by Crippen LogP contribution is -2.39. The molecule has 1 saturated carbocycles. The van der Waals surface area contributed by atoms with Gasteiger partial charge < -0.3 is 5.73 Å². The van der Waals surface area contributed by atoms with Gasteiger partial charge in [-0.15, -0.1) is 6.58 Å². The van der Waals surface area contributed by atoms with Crippen molar-refractivity contribution in [2.24, 2.45) is 5.73 Å². The van der Waals surface area contributed by atoms with Crippen LogP contribution in [0.3, 0.4) is 0 Å². The lowest BCUT2D eigenvalue weighted by Gasteiger charge is -2.28. The highest BCUT2D eigenvalue weighted by molar-refractivity contribution is 5.00. The van der Waals surface area contributed by atoms with Gasteiger partial charge in [0.05, 0.1) is 0 Å². The summed E-state index contributed by atoms with van der Waals surface area (Å²) in [4.78, 5) is 0. The van der Waals surface area contributed by atoms with Crippen molar-refractivity contribution < 1.29 is 0 Å². The maximum absolute atomic E-state index is 6.30. The molecule has 12 heavy (non-hydrogen) atoms. The molecule has 1 aliphatic rings. The van der Waals surface area contributed by atoms with E-state index in [2.05, 4.69) is 13.5 Å². The van der Waals surface area contributed by atoms with Gasteiger partial charge in [-0.2, -0.15) is 0 Å². The monoisotopic (exact) mass is 167 g/mol. The van der Waals surface area contributed by atoms with E-state index in [0.717, 1.165) is 6.42 Å². The van der Waals surface area contributed by atoms with E-state index in [1.54, 1.807) is 0 Å². The Morgan fingerprint density at radius 1 is 1.25 bits per heavy atom.